The van der Waals surface area contributed by atoms with Crippen LogP contribution in [0.3, 0.4) is 0 Å². The number of para-hydroxylation sites is 3. The first-order chi connectivity index (χ1) is 45.1. The first-order valence-electron chi connectivity index (χ1n) is 31.0. The summed E-state index contributed by atoms with van der Waals surface area (Å²) in [6.45, 7) is 0. The molecule has 7 heteroatoms. The van der Waals surface area contributed by atoms with Crippen molar-refractivity contribution in [3.05, 3.63) is 291 Å². The predicted octanol–water partition coefficient (Wildman–Crippen LogP) is 22.0. The Morgan fingerprint density at radius 2 is 0.473 bits per heavy atom. The second-order valence-corrected chi connectivity index (χ2v) is 31.2. The Kier molecular flexibility index (Phi) is 10.7. The average molecular weight is 1350 g/mol. The summed E-state index contributed by atoms with van der Waals surface area (Å²) in [7, 11) is 0. The van der Waals surface area contributed by atoms with Gasteiger partial charge in [0.2, 0.25) is 0 Å². The molecular formula is C84H48N4Se3. The van der Waals surface area contributed by atoms with Gasteiger partial charge in [-0.2, -0.15) is 0 Å². The molecule has 0 radical (unpaired) electrons. The summed E-state index contributed by atoms with van der Waals surface area (Å²) < 4.78 is 16.3. The Labute approximate surface area is 538 Å². The maximum atomic E-state index is 2.54. The standard InChI is InChI=1S/C84H48N4Se3/c1-4-16-52-46-76-67(43-49(52)13-1)79-73(89-76)40-37-64-61-19-7-10-22-70(61)86(82(64)79)58-31-25-55(26-32-58)85(56-27-33-59(34-28-56)87-71-23-11-8-20-62(71)65-38-41-74-80(83(65)87)68-44-50-14-2-5-17-53(50)47-77(68)90-74)57-29-35-60(36-30-57)88-72-24-12-9-21-63(72)66-39-42-75-81(84(66)88)69-45-51-15-3-6-18-54(51)48-78(69)91-75/h1-48H. The second-order valence-electron chi connectivity index (χ2n) is 24.3. The number of rotatable bonds is 6. The summed E-state index contributed by atoms with van der Waals surface area (Å²) in [6, 6.07) is 111. The van der Waals surface area contributed by atoms with Crippen LogP contribution in [0, 0.1) is 0 Å². The van der Waals surface area contributed by atoms with E-state index in [0.29, 0.717) is 0 Å². The van der Waals surface area contributed by atoms with E-state index >= 15 is 0 Å². The number of fused-ring (bicyclic) bond motifs is 24. The Hall–Kier alpha value is -10.2. The molecule has 0 amide bonds. The molecule has 0 saturated heterocycles. The van der Waals surface area contributed by atoms with Crippen LogP contribution in [0.4, 0.5) is 17.1 Å². The zero-order valence-electron chi connectivity index (χ0n) is 48.7. The molecule has 0 bridgehead atoms. The topological polar surface area (TPSA) is 18.0 Å². The predicted molar refractivity (Wildman–Crippen MR) is 393 cm³/mol. The maximum absolute atomic E-state index is 2.54. The molecule has 0 aliphatic heterocycles. The number of hydrogen-bond donors (Lipinski definition) is 0. The van der Waals surface area contributed by atoms with E-state index in [0.717, 1.165) is 34.1 Å². The average Bonchev–Trinajstić information content (AvgIpc) is 1.60. The Bertz CT molecular complexity index is 6040. The normalized spacial score (nSPS) is 12.4. The van der Waals surface area contributed by atoms with Crippen LogP contribution in [0.2, 0.25) is 0 Å². The van der Waals surface area contributed by atoms with Gasteiger partial charge in [-0.1, -0.05) is 0 Å². The Morgan fingerprint density at radius 1 is 0.209 bits per heavy atom. The summed E-state index contributed by atoms with van der Waals surface area (Å²) in [4.78, 5) is 2.45. The minimum atomic E-state index is 0.200. The molecule has 0 saturated carbocycles. The van der Waals surface area contributed by atoms with Crippen molar-refractivity contribution in [3.63, 3.8) is 0 Å². The van der Waals surface area contributed by atoms with E-state index in [4.69, 9.17) is 0 Å². The van der Waals surface area contributed by atoms with Crippen molar-refractivity contribution in [1.29, 1.82) is 0 Å². The van der Waals surface area contributed by atoms with E-state index in [1.165, 1.54) is 156 Å². The number of nitrogens with zero attached hydrogens (tertiary/aromatic N) is 4. The van der Waals surface area contributed by atoms with Gasteiger partial charge in [-0.15, -0.1) is 0 Å². The van der Waals surface area contributed by atoms with Gasteiger partial charge >= 0.3 is 543 Å². The van der Waals surface area contributed by atoms with E-state index in [1.54, 1.807) is 0 Å². The third kappa shape index (κ3) is 7.33. The van der Waals surface area contributed by atoms with Gasteiger partial charge in [0, 0.05) is 0 Å². The van der Waals surface area contributed by atoms with Gasteiger partial charge in [0.25, 0.3) is 0 Å². The van der Waals surface area contributed by atoms with Crippen molar-refractivity contribution in [1.82, 2.24) is 13.7 Å². The van der Waals surface area contributed by atoms with E-state index in [1.807, 2.05) is 0 Å². The van der Waals surface area contributed by atoms with Gasteiger partial charge in [-0.3, -0.25) is 0 Å². The first-order valence-corrected chi connectivity index (χ1v) is 36.2. The zero-order valence-corrected chi connectivity index (χ0v) is 53.9. The van der Waals surface area contributed by atoms with Gasteiger partial charge in [0.15, 0.2) is 0 Å². The van der Waals surface area contributed by atoms with Crippen LogP contribution >= 0.6 is 0 Å². The molecule has 0 aliphatic rings. The fourth-order valence-electron chi connectivity index (χ4n) is 15.5. The molecule has 21 aromatic rings. The first kappa shape index (κ1) is 50.7. The summed E-state index contributed by atoms with van der Waals surface area (Å²) in [6.07, 6.45) is 0. The van der Waals surface area contributed by atoms with Gasteiger partial charge < -0.3 is 0 Å². The number of aromatic nitrogens is 3. The van der Waals surface area contributed by atoms with Crippen LogP contribution in [-0.2, 0) is 0 Å². The van der Waals surface area contributed by atoms with Crippen molar-refractivity contribution >= 4 is 216 Å². The molecule has 0 atom stereocenters. The van der Waals surface area contributed by atoms with Crippen LogP contribution in [0.15, 0.2) is 291 Å². The van der Waals surface area contributed by atoms with E-state index in [-0.39, 0.29) is 43.5 Å². The van der Waals surface area contributed by atoms with Gasteiger partial charge in [-0.25, -0.2) is 0 Å². The third-order valence-corrected chi connectivity index (χ3v) is 26.5. The van der Waals surface area contributed by atoms with Crippen LogP contribution in [0.5, 0.6) is 0 Å². The van der Waals surface area contributed by atoms with Crippen molar-refractivity contribution in [3.8, 4) is 17.1 Å². The Morgan fingerprint density at radius 3 is 0.769 bits per heavy atom. The van der Waals surface area contributed by atoms with Crippen molar-refractivity contribution in [2.45, 2.75) is 0 Å². The van der Waals surface area contributed by atoms with Crippen LogP contribution < -0.4 is 4.90 Å². The van der Waals surface area contributed by atoms with Crippen LogP contribution in [0.25, 0.3) is 173 Å². The minimum absolute atomic E-state index is 0.200. The van der Waals surface area contributed by atoms with Gasteiger partial charge in [0.05, 0.1) is 0 Å². The SMILES string of the molecule is c1ccc2cc3c(cc2c1)[se]c1ccc2c4ccccc4n(-c4ccc(N(c5ccc(-n6c7ccccc7c7ccc8[se]c9cc%10ccccc%10cc9c8c76)cc5)c5ccc(-n6c7ccccc7c7ccc8[se]c9cc%10ccccc%10cc9c8c76)cc5)cc4)c2c13. The molecule has 21 rings (SSSR count). The summed E-state index contributed by atoms with van der Waals surface area (Å²) in [5.74, 6) is 0. The molecule has 6 aromatic heterocycles. The molecule has 4 nitrogen and oxygen atoms in total. The molecule has 0 fully saturated rings. The molecule has 15 aromatic carbocycles. The molecule has 0 unspecified atom stereocenters. The fraction of sp³-hybridized carbons (Fsp3) is 0. The quantitative estimate of drug-likeness (QED) is 0.152. The third-order valence-electron chi connectivity index (χ3n) is 19.5. The Balaban J connectivity index is 0.758. The van der Waals surface area contributed by atoms with E-state index in [2.05, 4.69) is 310 Å². The number of benzene rings is 15. The van der Waals surface area contributed by atoms with Gasteiger partial charge in [-0.05, 0) is 0 Å². The van der Waals surface area contributed by atoms with Crippen molar-refractivity contribution in [2.75, 3.05) is 4.90 Å². The number of hydrogen-bond acceptors (Lipinski definition) is 1. The molecule has 0 spiro atoms. The van der Waals surface area contributed by atoms with Crippen LogP contribution in [0.1, 0.15) is 0 Å². The molecule has 91 heavy (non-hydrogen) atoms. The van der Waals surface area contributed by atoms with Crippen LogP contribution in [-0.4, -0.2) is 57.2 Å². The molecular weight excluding hydrogens is 1300 g/mol. The fourth-order valence-corrected chi connectivity index (χ4v) is 22.7. The van der Waals surface area contributed by atoms with E-state index in [9.17, 15) is 0 Å². The van der Waals surface area contributed by atoms with Crippen molar-refractivity contribution in [2.24, 2.45) is 0 Å². The second kappa shape index (κ2) is 19.2. The van der Waals surface area contributed by atoms with E-state index < -0.39 is 0 Å². The summed E-state index contributed by atoms with van der Waals surface area (Å²) >= 11 is 0.600. The van der Waals surface area contributed by atoms with Gasteiger partial charge in [0.1, 0.15) is 0 Å². The number of anilines is 3. The molecule has 6 heterocycles. The monoisotopic (exact) mass is 1350 g/mol. The summed E-state index contributed by atoms with van der Waals surface area (Å²) in [5, 5.41) is 23.7. The van der Waals surface area contributed by atoms with Crippen molar-refractivity contribution < 1.29 is 0 Å². The molecule has 422 valence electrons. The zero-order chi connectivity index (χ0) is 59.2. The molecule has 0 N–H and O–H groups in total. The summed E-state index contributed by atoms with van der Waals surface area (Å²) in [5.41, 5.74) is 14.2. The molecule has 0 aliphatic carbocycles.